The fourth-order valence-corrected chi connectivity index (χ4v) is 13.4. The van der Waals surface area contributed by atoms with Crippen LogP contribution in [0.5, 0.6) is 23.0 Å². The number of aromatic nitrogens is 1. The number of fused-ring (bicyclic) bond motifs is 11. The Balaban J connectivity index is 1.10. The standard InChI is InChI=1S/C74H74B2N2O2/c1-42(2)28-43(3)18-19-46-32-62-68-66(33-46)79-64-41-58-65(40-57(64)75(68)56-38-51(73(12,13)14)23-27-61(56)77(62)53-24-20-49(21-25-53)71(6,7)8)80-67-35-48(47-30-44(4)29-45(5)31-47)34-63-69(67)76(58)59-39-52(74(15,16)17)37-55-54-36-50(72(9,10)11)22-26-60(54)78(63)70(55)59/h18-41H,1H2,2-17H3/b19-18+,43-28-. The molecule has 9 aromatic rings. The van der Waals surface area contributed by atoms with E-state index in [-0.39, 0.29) is 35.1 Å². The van der Waals surface area contributed by atoms with Crippen molar-refractivity contribution in [3.05, 3.63) is 196 Å². The molecule has 1 aromatic heterocycles. The smallest absolute Gasteiger partial charge is 0.256 e. The molecule has 13 rings (SSSR count). The van der Waals surface area contributed by atoms with E-state index in [1.807, 2.05) is 6.92 Å². The summed E-state index contributed by atoms with van der Waals surface area (Å²) in [6.45, 7) is 40.3. The minimum Gasteiger partial charge on any atom is -0.458 e. The van der Waals surface area contributed by atoms with Crippen molar-refractivity contribution in [2.24, 2.45) is 0 Å². The Kier molecular flexibility index (Phi) is 11.4. The summed E-state index contributed by atoms with van der Waals surface area (Å²) in [5.41, 5.74) is 27.3. The van der Waals surface area contributed by atoms with Gasteiger partial charge >= 0.3 is 0 Å². The summed E-state index contributed by atoms with van der Waals surface area (Å²) in [5.74, 6) is 3.51. The highest BCUT2D eigenvalue weighted by molar-refractivity contribution is 7.01. The first-order valence-electron chi connectivity index (χ1n) is 28.9. The van der Waals surface area contributed by atoms with Gasteiger partial charge in [0.2, 0.25) is 0 Å². The number of anilines is 3. The minimum absolute atomic E-state index is 0.0136. The molecule has 0 saturated carbocycles. The van der Waals surface area contributed by atoms with Crippen LogP contribution in [0.1, 0.15) is 136 Å². The van der Waals surface area contributed by atoms with Crippen molar-refractivity contribution in [2.45, 2.75) is 132 Å². The number of hydrogen-bond donors (Lipinski definition) is 0. The van der Waals surface area contributed by atoms with E-state index >= 15 is 0 Å². The molecule has 0 atom stereocenters. The summed E-state index contributed by atoms with van der Waals surface area (Å²) < 4.78 is 17.7. The van der Waals surface area contributed by atoms with Crippen LogP contribution in [0, 0.1) is 13.8 Å². The summed E-state index contributed by atoms with van der Waals surface area (Å²) in [4.78, 5) is 2.48. The normalized spacial score (nSPS) is 14.4. The lowest BCUT2D eigenvalue weighted by atomic mass is 9.32. The van der Waals surface area contributed by atoms with Crippen molar-refractivity contribution in [3.8, 4) is 39.8 Å². The predicted octanol–water partition coefficient (Wildman–Crippen LogP) is 16.1. The predicted molar refractivity (Wildman–Crippen MR) is 345 cm³/mol. The topological polar surface area (TPSA) is 26.6 Å². The maximum atomic E-state index is 7.60. The van der Waals surface area contributed by atoms with Gasteiger partial charge in [-0.2, -0.15) is 0 Å². The molecule has 398 valence electrons. The maximum Gasteiger partial charge on any atom is 0.256 e. The zero-order valence-corrected chi connectivity index (χ0v) is 49.9. The highest BCUT2D eigenvalue weighted by Crippen LogP contribution is 2.46. The number of ether oxygens (including phenoxy) is 2. The van der Waals surface area contributed by atoms with Crippen LogP contribution in [-0.2, 0) is 21.7 Å². The van der Waals surface area contributed by atoms with Gasteiger partial charge in [0.1, 0.15) is 23.0 Å². The molecule has 5 heterocycles. The summed E-state index contributed by atoms with van der Waals surface area (Å²) in [6.07, 6.45) is 6.55. The van der Waals surface area contributed by atoms with Crippen LogP contribution in [0.25, 0.3) is 44.7 Å². The van der Waals surface area contributed by atoms with E-state index in [1.165, 1.54) is 88.5 Å². The molecular formula is C74H74B2N2O2. The lowest BCUT2D eigenvalue weighted by molar-refractivity contribution is 0.476. The Labute approximate surface area is 476 Å². The fourth-order valence-electron chi connectivity index (χ4n) is 13.4. The van der Waals surface area contributed by atoms with Crippen LogP contribution in [0.2, 0.25) is 0 Å². The van der Waals surface area contributed by atoms with Crippen molar-refractivity contribution in [1.82, 2.24) is 4.57 Å². The second kappa shape index (κ2) is 17.7. The van der Waals surface area contributed by atoms with E-state index < -0.39 is 0 Å². The Bertz CT molecular complexity index is 4210. The molecule has 80 heavy (non-hydrogen) atoms. The van der Waals surface area contributed by atoms with E-state index in [0.29, 0.717) is 0 Å². The second-order valence-corrected chi connectivity index (χ2v) is 28.0. The molecule has 0 unspecified atom stereocenters. The third kappa shape index (κ3) is 8.33. The van der Waals surface area contributed by atoms with Gasteiger partial charge in [0.15, 0.2) is 0 Å². The largest absolute Gasteiger partial charge is 0.458 e. The molecular weight excluding hydrogens is 970 g/mol. The number of allylic oxidation sites excluding steroid dienone is 4. The van der Waals surface area contributed by atoms with Crippen LogP contribution >= 0.6 is 0 Å². The first-order chi connectivity index (χ1) is 37.7. The van der Waals surface area contributed by atoms with Gasteiger partial charge in [-0.3, -0.25) is 0 Å². The second-order valence-electron chi connectivity index (χ2n) is 28.0. The summed E-state index contributed by atoms with van der Waals surface area (Å²) in [5, 5.41) is 2.58. The highest BCUT2D eigenvalue weighted by Gasteiger charge is 2.47. The van der Waals surface area contributed by atoms with Gasteiger partial charge in [-0.1, -0.05) is 185 Å². The van der Waals surface area contributed by atoms with E-state index in [9.17, 15) is 0 Å². The number of aryl methyl sites for hydroxylation is 2. The number of rotatable bonds is 5. The molecule has 0 N–H and O–H groups in total. The van der Waals surface area contributed by atoms with Crippen LogP contribution in [-0.4, -0.2) is 18.0 Å². The lowest BCUT2D eigenvalue weighted by Crippen LogP contribution is -2.62. The van der Waals surface area contributed by atoms with E-state index in [0.717, 1.165) is 73.0 Å². The van der Waals surface area contributed by atoms with Crippen molar-refractivity contribution < 1.29 is 9.47 Å². The van der Waals surface area contributed by atoms with Crippen LogP contribution < -0.4 is 47.2 Å². The molecule has 0 radical (unpaired) electrons. The average molecular weight is 1050 g/mol. The van der Waals surface area contributed by atoms with Crippen LogP contribution in [0.3, 0.4) is 0 Å². The SMILES string of the molecule is C=C(C)/C=C(C)\C=C\c1cc2c3c(c1)N(c1ccc(C(C)(C)C)cc1)c1ccc(C(C)(C)C)cc1B3c1cc3c(cc1O2)B1c2c(cc(-c4cc(C)cc(C)c4)cc2-n2c4ccc(C(C)(C)C)cc4c4cc(C(C)(C)C)cc1c42)O3. The third-order valence-corrected chi connectivity index (χ3v) is 17.5. The Hall–Kier alpha value is -7.69. The van der Waals surface area contributed by atoms with Crippen molar-refractivity contribution in [1.29, 1.82) is 0 Å². The number of nitrogens with zero attached hydrogens (tertiary/aromatic N) is 2. The summed E-state index contributed by atoms with van der Waals surface area (Å²) in [6, 6.07) is 49.6. The molecule has 6 heteroatoms. The van der Waals surface area contributed by atoms with Gasteiger partial charge < -0.3 is 18.9 Å². The first kappa shape index (κ1) is 51.7. The molecule has 4 nitrogen and oxygen atoms in total. The molecule has 4 aliphatic heterocycles. The van der Waals surface area contributed by atoms with Gasteiger partial charge in [0, 0.05) is 39.0 Å². The summed E-state index contributed by atoms with van der Waals surface area (Å²) in [7, 11) is 0. The zero-order chi connectivity index (χ0) is 56.4. The lowest BCUT2D eigenvalue weighted by Gasteiger charge is -2.42. The van der Waals surface area contributed by atoms with Crippen LogP contribution in [0.15, 0.2) is 157 Å². The van der Waals surface area contributed by atoms with Crippen molar-refractivity contribution >= 4 is 91.1 Å². The Morgan fingerprint density at radius 3 is 1.64 bits per heavy atom. The number of benzene rings is 8. The van der Waals surface area contributed by atoms with E-state index in [4.69, 9.17) is 9.47 Å². The third-order valence-electron chi connectivity index (χ3n) is 17.5. The molecule has 0 amide bonds. The molecule has 0 saturated heterocycles. The van der Waals surface area contributed by atoms with Gasteiger partial charge in [-0.25, -0.2) is 0 Å². The maximum absolute atomic E-state index is 7.60. The quantitative estimate of drug-likeness (QED) is 0.127. The molecule has 0 aliphatic carbocycles. The molecule has 0 spiro atoms. The molecule has 0 bridgehead atoms. The zero-order valence-electron chi connectivity index (χ0n) is 49.9. The first-order valence-corrected chi connectivity index (χ1v) is 28.9. The fraction of sp³-hybridized carbons (Fsp3) is 0.270. The average Bonchev–Trinajstić information content (AvgIpc) is 1.69. The van der Waals surface area contributed by atoms with Crippen molar-refractivity contribution in [3.63, 3.8) is 0 Å². The monoisotopic (exact) mass is 1040 g/mol. The van der Waals surface area contributed by atoms with E-state index in [1.54, 1.807) is 0 Å². The molecule has 0 fully saturated rings. The van der Waals surface area contributed by atoms with Gasteiger partial charge in [0.25, 0.3) is 13.4 Å². The number of hydrogen-bond acceptors (Lipinski definition) is 3. The van der Waals surface area contributed by atoms with Gasteiger partial charge in [-0.15, -0.1) is 0 Å². The van der Waals surface area contributed by atoms with Crippen LogP contribution in [0.4, 0.5) is 17.1 Å². The molecule has 4 aliphatic rings. The van der Waals surface area contributed by atoms with Gasteiger partial charge in [-0.05, 0) is 194 Å². The Morgan fingerprint density at radius 1 is 0.475 bits per heavy atom. The van der Waals surface area contributed by atoms with E-state index in [2.05, 4.69) is 266 Å². The Morgan fingerprint density at radius 2 is 1.01 bits per heavy atom. The minimum atomic E-state index is -0.150. The highest BCUT2D eigenvalue weighted by atomic mass is 16.5. The van der Waals surface area contributed by atoms with Gasteiger partial charge in [0.05, 0.1) is 5.52 Å². The molecule has 8 aromatic carbocycles. The van der Waals surface area contributed by atoms with Crippen molar-refractivity contribution in [2.75, 3.05) is 4.90 Å². The summed E-state index contributed by atoms with van der Waals surface area (Å²) >= 11 is 0.